The number of allylic oxidation sites excluding steroid dienone is 1. The minimum absolute atomic E-state index is 0.0554. The van der Waals surface area contributed by atoms with Gasteiger partial charge >= 0.3 is 5.97 Å². The molecule has 0 radical (unpaired) electrons. The highest BCUT2D eigenvalue weighted by Gasteiger charge is 2.37. The Morgan fingerprint density at radius 1 is 1.09 bits per heavy atom. The molecule has 0 saturated heterocycles. The Hall–Kier alpha value is -3.16. The van der Waals surface area contributed by atoms with E-state index < -0.39 is 12.3 Å². The molecular formula is C27H33NO6. The molecule has 0 aliphatic carbocycles. The number of esters is 1. The molecule has 0 fully saturated rings. The molecule has 0 aromatic heterocycles. The summed E-state index contributed by atoms with van der Waals surface area (Å²) < 4.78 is 16.7. The summed E-state index contributed by atoms with van der Waals surface area (Å²) in [7, 11) is 1.34. The second kappa shape index (κ2) is 12.9. The van der Waals surface area contributed by atoms with Gasteiger partial charge in [-0.2, -0.15) is 0 Å². The monoisotopic (exact) mass is 467 g/mol. The summed E-state index contributed by atoms with van der Waals surface area (Å²) in [6.45, 7) is 2.84. The zero-order valence-corrected chi connectivity index (χ0v) is 19.7. The smallest absolute Gasteiger partial charge is 0.337 e. The van der Waals surface area contributed by atoms with E-state index in [1.165, 1.54) is 7.11 Å². The van der Waals surface area contributed by atoms with E-state index in [0.29, 0.717) is 38.0 Å². The fraction of sp³-hybridized carbons (Fsp3) is 0.407. The van der Waals surface area contributed by atoms with Crippen molar-refractivity contribution in [3.05, 3.63) is 83.1 Å². The summed E-state index contributed by atoms with van der Waals surface area (Å²) >= 11 is 0. The van der Waals surface area contributed by atoms with Crippen LogP contribution in [0.15, 0.2) is 66.4 Å². The lowest BCUT2D eigenvalue weighted by Crippen LogP contribution is -2.39. The number of aliphatic hydroxyl groups excluding tert-OH is 1. The van der Waals surface area contributed by atoms with Crippen LogP contribution in [0.25, 0.3) is 0 Å². The molecule has 7 nitrogen and oxygen atoms in total. The zero-order chi connectivity index (χ0) is 24.3. The molecule has 0 spiro atoms. The van der Waals surface area contributed by atoms with Gasteiger partial charge in [-0.25, -0.2) is 4.79 Å². The van der Waals surface area contributed by atoms with Gasteiger partial charge < -0.3 is 24.6 Å². The first-order valence-electron chi connectivity index (χ1n) is 11.7. The van der Waals surface area contributed by atoms with Crippen LogP contribution in [-0.2, 0) is 25.4 Å². The number of rotatable bonds is 11. The van der Waals surface area contributed by atoms with Gasteiger partial charge in [-0.05, 0) is 55.5 Å². The summed E-state index contributed by atoms with van der Waals surface area (Å²) in [4.78, 5) is 24.8. The number of hydrogen-bond acceptors (Lipinski definition) is 6. The van der Waals surface area contributed by atoms with E-state index in [4.69, 9.17) is 14.2 Å². The zero-order valence-electron chi connectivity index (χ0n) is 19.7. The van der Waals surface area contributed by atoms with Crippen molar-refractivity contribution in [3.8, 4) is 0 Å². The Morgan fingerprint density at radius 2 is 1.82 bits per heavy atom. The highest BCUT2D eigenvalue weighted by atomic mass is 16.7. The van der Waals surface area contributed by atoms with Crippen LogP contribution in [0.5, 0.6) is 0 Å². The first-order chi connectivity index (χ1) is 16.6. The van der Waals surface area contributed by atoms with Gasteiger partial charge in [-0.15, -0.1) is 0 Å². The van der Waals surface area contributed by atoms with Gasteiger partial charge in [0.25, 0.3) is 5.91 Å². The molecule has 2 aromatic rings. The largest absolute Gasteiger partial charge is 0.465 e. The molecule has 2 N–H and O–H groups in total. The lowest BCUT2D eigenvalue weighted by molar-refractivity contribution is -0.166. The molecule has 0 unspecified atom stereocenters. The molecule has 3 atom stereocenters. The van der Waals surface area contributed by atoms with Gasteiger partial charge in [-0.1, -0.05) is 42.5 Å². The van der Waals surface area contributed by atoms with Gasteiger partial charge in [0.1, 0.15) is 0 Å². The third kappa shape index (κ3) is 6.68. The van der Waals surface area contributed by atoms with Crippen LogP contribution in [0.2, 0.25) is 0 Å². The minimum Gasteiger partial charge on any atom is -0.465 e. The van der Waals surface area contributed by atoms with Gasteiger partial charge in [0.2, 0.25) is 6.29 Å². The van der Waals surface area contributed by atoms with Crippen LogP contribution in [0, 0.1) is 5.92 Å². The maximum atomic E-state index is 13.0. The van der Waals surface area contributed by atoms with Crippen molar-refractivity contribution in [2.45, 2.75) is 38.4 Å². The highest BCUT2D eigenvalue weighted by Crippen LogP contribution is 2.39. The van der Waals surface area contributed by atoms with E-state index in [2.05, 4.69) is 5.32 Å². The Labute approximate surface area is 200 Å². The van der Waals surface area contributed by atoms with Crippen LogP contribution in [0.1, 0.15) is 47.2 Å². The molecule has 1 aliphatic heterocycles. The van der Waals surface area contributed by atoms with Crippen LogP contribution in [0.3, 0.4) is 0 Å². The predicted octanol–water partition coefficient (Wildman–Crippen LogP) is 3.58. The molecular weight excluding hydrogens is 434 g/mol. The van der Waals surface area contributed by atoms with Gasteiger partial charge in [0.15, 0.2) is 5.76 Å². The Kier molecular flexibility index (Phi) is 9.67. The van der Waals surface area contributed by atoms with E-state index in [0.717, 1.165) is 11.1 Å². The van der Waals surface area contributed by atoms with Crippen molar-refractivity contribution >= 4 is 11.9 Å². The number of hydrogen-bond donors (Lipinski definition) is 2. The van der Waals surface area contributed by atoms with Crippen LogP contribution in [-0.4, -0.2) is 50.1 Å². The van der Waals surface area contributed by atoms with E-state index in [1.54, 1.807) is 12.1 Å². The standard InChI is InChI=1S/C27H33NO6/c1-3-33-27-22(10-7-17-29)23(20-11-13-21(14-12-20)26(31)32-2)18-24(34-27)25(30)28-16-15-19-8-5-4-6-9-19/h4-6,8-9,11-14,18,22-23,27,29H,3,7,10,15-17H2,1-2H3,(H,28,30)/t22-,23+,27+/m1/s1. The average molecular weight is 468 g/mol. The Balaban J connectivity index is 1.82. The van der Waals surface area contributed by atoms with Crippen LogP contribution >= 0.6 is 0 Å². The molecule has 1 heterocycles. The van der Waals surface area contributed by atoms with Crippen molar-refractivity contribution in [3.63, 3.8) is 0 Å². The summed E-state index contributed by atoms with van der Waals surface area (Å²) in [6, 6.07) is 17.1. The number of nitrogens with one attached hydrogen (secondary N) is 1. The first-order valence-corrected chi connectivity index (χ1v) is 11.7. The maximum Gasteiger partial charge on any atom is 0.337 e. The predicted molar refractivity (Wildman–Crippen MR) is 128 cm³/mol. The normalized spacial score (nSPS) is 19.6. The van der Waals surface area contributed by atoms with E-state index >= 15 is 0 Å². The summed E-state index contributed by atoms with van der Waals surface area (Å²) in [5.41, 5.74) is 2.52. The van der Waals surface area contributed by atoms with Crippen LogP contribution < -0.4 is 5.32 Å². The highest BCUT2D eigenvalue weighted by molar-refractivity contribution is 5.92. The Morgan fingerprint density at radius 3 is 2.47 bits per heavy atom. The second-order valence-electron chi connectivity index (χ2n) is 8.13. The number of methoxy groups -OCH3 is 1. The van der Waals surface area contributed by atoms with Gasteiger partial charge in [-0.3, -0.25) is 4.79 Å². The molecule has 0 bridgehead atoms. The molecule has 182 valence electrons. The number of carbonyl (C=O) groups excluding carboxylic acids is 2. The van der Waals surface area contributed by atoms with Crippen LogP contribution in [0.4, 0.5) is 0 Å². The Bertz CT molecular complexity index is 957. The van der Waals surface area contributed by atoms with Gasteiger partial charge in [0, 0.05) is 31.6 Å². The number of ether oxygens (including phenoxy) is 3. The van der Waals surface area contributed by atoms with Crippen molar-refractivity contribution < 1.29 is 28.9 Å². The SMILES string of the molecule is CCO[C@H]1OC(C(=O)NCCc2ccccc2)=C[C@@H](c2ccc(C(=O)OC)cc2)[C@H]1CCCO. The first kappa shape index (κ1) is 25.5. The number of amides is 1. The molecule has 3 rings (SSSR count). The molecule has 1 amide bonds. The molecule has 0 saturated carbocycles. The molecule has 1 aliphatic rings. The lowest BCUT2D eigenvalue weighted by Gasteiger charge is -2.37. The minimum atomic E-state index is -0.623. The third-order valence-electron chi connectivity index (χ3n) is 5.89. The molecule has 7 heteroatoms. The van der Waals surface area contributed by atoms with Crippen molar-refractivity contribution in [2.75, 3.05) is 26.9 Å². The average Bonchev–Trinajstić information content (AvgIpc) is 2.88. The van der Waals surface area contributed by atoms with Crippen molar-refractivity contribution in [1.82, 2.24) is 5.32 Å². The quantitative estimate of drug-likeness (QED) is 0.491. The summed E-state index contributed by atoms with van der Waals surface area (Å²) in [5, 5.41) is 12.3. The van der Waals surface area contributed by atoms with E-state index in [1.807, 2.05) is 55.5 Å². The van der Waals surface area contributed by atoms with Gasteiger partial charge in [0.05, 0.1) is 12.7 Å². The molecule has 34 heavy (non-hydrogen) atoms. The fourth-order valence-electron chi connectivity index (χ4n) is 4.16. The summed E-state index contributed by atoms with van der Waals surface area (Å²) in [5.74, 6) is -0.766. The lowest BCUT2D eigenvalue weighted by atomic mass is 9.80. The fourth-order valence-corrected chi connectivity index (χ4v) is 4.16. The third-order valence-corrected chi connectivity index (χ3v) is 5.89. The second-order valence-corrected chi connectivity index (χ2v) is 8.13. The number of carbonyl (C=O) groups is 2. The maximum absolute atomic E-state index is 13.0. The van der Waals surface area contributed by atoms with Crippen molar-refractivity contribution in [2.24, 2.45) is 5.92 Å². The van der Waals surface area contributed by atoms with E-state index in [-0.39, 0.29) is 30.1 Å². The van der Waals surface area contributed by atoms with Crippen molar-refractivity contribution in [1.29, 1.82) is 0 Å². The molecule has 2 aromatic carbocycles. The number of benzene rings is 2. The van der Waals surface area contributed by atoms with E-state index in [9.17, 15) is 14.7 Å². The topological polar surface area (TPSA) is 94.1 Å². The number of aliphatic hydroxyl groups is 1. The summed E-state index contributed by atoms with van der Waals surface area (Å²) in [6.07, 6.45) is 3.15.